The number of carbonyl (C=O) groups is 1. The van der Waals surface area contributed by atoms with E-state index in [0.29, 0.717) is 22.1 Å². The molecule has 8 heteroatoms. The molecule has 1 unspecified atom stereocenters. The van der Waals surface area contributed by atoms with Crippen LogP contribution in [0.5, 0.6) is 5.75 Å². The first-order valence-corrected chi connectivity index (χ1v) is 11.0. The van der Waals surface area contributed by atoms with Crippen LogP contribution >= 0.6 is 11.6 Å². The molecule has 1 atom stereocenters. The number of ether oxygens (including phenoxy) is 1. The molecule has 6 nitrogen and oxygen atoms in total. The van der Waals surface area contributed by atoms with Crippen LogP contribution in [-0.4, -0.2) is 20.4 Å². The van der Waals surface area contributed by atoms with Crippen molar-refractivity contribution >= 4 is 38.9 Å². The zero-order valence-electron chi connectivity index (χ0n) is 16.4. The summed E-state index contributed by atoms with van der Waals surface area (Å²) in [6, 6.07) is 19.9. The first kappa shape index (κ1) is 21.7. The number of aryl methyl sites for hydroxylation is 1. The van der Waals surface area contributed by atoms with Crippen molar-refractivity contribution in [2.24, 2.45) is 0 Å². The molecule has 156 valence electrons. The van der Waals surface area contributed by atoms with Gasteiger partial charge in [-0.05, 0) is 61.9 Å². The predicted octanol–water partition coefficient (Wildman–Crippen LogP) is 4.86. The van der Waals surface area contributed by atoms with Gasteiger partial charge in [0.15, 0.2) is 6.10 Å². The minimum atomic E-state index is -3.74. The van der Waals surface area contributed by atoms with E-state index in [9.17, 15) is 13.2 Å². The Morgan fingerprint density at radius 2 is 1.60 bits per heavy atom. The minimum absolute atomic E-state index is 0.0871. The Balaban J connectivity index is 1.66. The number of amides is 1. The number of rotatable bonds is 7. The van der Waals surface area contributed by atoms with Crippen molar-refractivity contribution < 1.29 is 17.9 Å². The summed E-state index contributed by atoms with van der Waals surface area (Å²) < 4.78 is 33.4. The molecule has 0 saturated heterocycles. The molecule has 3 aromatic carbocycles. The molecule has 0 aromatic heterocycles. The normalized spacial score (nSPS) is 12.1. The smallest absolute Gasteiger partial charge is 0.265 e. The number of hydrogen-bond acceptors (Lipinski definition) is 4. The van der Waals surface area contributed by atoms with Gasteiger partial charge in [-0.2, -0.15) is 0 Å². The van der Waals surface area contributed by atoms with E-state index in [1.54, 1.807) is 43.3 Å². The average molecular weight is 445 g/mol. The van der Waals surface area contributed by atoms with E-state index in [-0.39, 0.29) is 10.8 Å². The van der Waals surface area contributed by atoms with E-state index in [4.69, 9.17) is 16.3 Å². The van der Waals surface area contributed by atoms with Crippen LogP contribution in [0.3, 0.4) is 0 Å². The van der Waals surface area contributed by atoms with Crippen LogP contribution in [0.1, 0.15) is 12.5 Å². The molecule has 0 fully saturated rings. The molecule has 0 spiro atoms. The van der Waals surface area contributed by atoms with E-state index in [2.05, 4.69) is 10.0 Å². The molecule has 0 heterocycles. The number of hydrogen-bond donors (Lipinski definition) is 2. The molecule has 0 aliphatic rings. The van der Waals surface area contributed by atoms with Gasteiger partial charge in [-0.25, -0.2) is 8.42 Å². The Morgan fingerprint density at radius 3 is 2.27 bits per heavy atom. The molecular formula is C22H21ClN2O4S. The fraction of sp³-hybridized carbons (Fsp3) is 0.136. The SMILES string of the molecule is Cc1ccccc1NS(=O)(=O)c1ccc(NC(=O)C(C)Oc2ccccc2Cl)cc1. The highest BCUT2D eigenvalue weighted by Gasteiger charge is 2.18. The highest BCUT2D eigenvalue weighted by molar-refractivity contribution is 7.92. The van der Waals surface area contributed by atoms with Gasteiger partial charge in [0.05, 0.1) is 15.6 Å². The average Bonchev–Trinajstić information content (AvgIpc) is 2.71. The quantitative estimate of drug-likeness (QED) is 0.545. The van der Waals surface area contributed by atoms with Crippen LogP contribution in [0.4, 0.5) is 11.4 Å². The van der Waals surface area contributed by atoms with E-state index < -0.39 is 16.1 Å². The van der Waals surface area contributed by atoms with Crippen LogP contribution in [-0.2, 0) is 14.8 Å². The molecule has 0 aliphatic carbocycles. The van der Waals surface area contributed by atoms with Gasteiger partial charge < -0.3 is 10.1 Å². The van der Waals surface area contributed by atoms with E-state index in [0.717, 1.165) is 5.56 Å². The summed E-state index contributed by atoms with van der Waals surface area (Å²) in [4.78, 5) is 12.5. The van der Waals surface area contributed by atoms with Gasteiger partial charge >= 0.3 is 0 Å². The second-order valence-electron chi connectivity index (χ2n) is 6.62. The highest BCUT2D eigenvalue weighted by Crippen LogP contribution is 2.25. The lowest BCUT2D eigenvalue weighted by atomic mass is 10.2. The Kier molecular flexibility index (Phi) is 6.64. The maximum atomic E-state index is 12.6. The fourth-order valence-electron chi connectivity index (χ4n) is 2.64. The van der Waals surface area contributed by atoms with Gasteiger partial charge in [-0.3, -0.25) is 9.52 Å². The fourth-order valence-corrected chi connectivity index (χ4v) is 3.95. The molecule has 0 radical (unpaired) electrons. The Morgan fingerprint density at radius 1 is 0.967 bits per heavy atom. The summed E-state index contributed by atoms with van der Waals surface area (Å²) in [6.45, 7) is 3.42. The third-order valence-electron chi connectivity index (χ3n) is 4.33. The summed E-state index contributed by atoms with van der Waals surface area (Å²) in [7, 11) is -3.74. The van der Waals surface area contributed by atoms with Crippen molar-refractivity contribution in [2.45, 2.75) is 24.8 Å². The zero-order valence-corrected chi connectivity index (χ0v) is 18.0. The second kappa shape index (κ2) is 9.19. The lowest BCUT2D eigenvalue weighted by Gasteiger charge is -2.16. The Hall–Kier alpha value is -3.03. The Bertz CT molecular complexity index is 1150. The van der Waals surface area contributed by atoms with E-state index in [1.165, 1.54) is 24.3 Å². The van der Waals surface area contributed by atoms with E-state index in [1.807, 2.05) is 19.1 Å². The molecule has 3 rings (SSSR count). The summed E-state index contributed by atoms with van der Waals surface area (Å²) in [6.07, 6.45) is -0.795. The first-order chi connectivity index (χ1) is 14.3. The van der Waals surface area contributed by atoms with Gasteiger partial charge in [-0.1, -0.05) is 41.9 Å². The third-order valence-corrected chi connectivity index (χ3v) is 6.02. The summed E-state index contributed by atoms with van der Waals surface area (Å²) in [5, 5.41) is 3.11. The molecule has 2 N–H and O–H groups in total. The van der Waals surface area contributed by atoms with Crippen LogP contribution < -0.4 is 14.8 Å². The lowest BCUT2D eigenvalue weighted by Crippen LogP contribution is -2.30. The van der Waals surface area contributed by atoms with Crippen molar-refractivity contribution in [2.75, 3.05) is 10.0 Å². The number of halogens is 1. The molecular weight excluding hydrogens is 424 g/mol. The number of anilines is 2. The van der Waals surface area contributed by atoms with Crippen molar-refractivity contribution in [3.05, 3.63) is 83.4 Å². The van der Waals surface area contributed by atoms with Crippen LogP contribution in [0.15, 0.2) is 77.7 Å². The van der Waals surface area contributed by atoms with Crippen LogP contribution in [0, 0.1) is 6.92 Å². The van der Waals surface area contributed by atoms with Gasteiger partial charge in [0.25, 0.3) is 15.9 Å². The first-order valence-electron chi connectivity index (χ1n) is 9.17. The van der Waals surface area contributed by atoms with Gasteiger partial charge in [0, 0.05) is 5.69 Å². The number of carbonyl (C=O) groups excluding carboxylic acids is 1. The summed E-state index contributed by atoms with van der Waals surface area (Å²) in [5.74, 6) is 0.0223. The van der Waals surface area contributed by atoms with Gasteiger partial charge in [0.1, 0.15) is 5.75 Å². The van der Waals surface area contributed by atoms with Crippen LogP contribution in [0.2, 0.25) is 5.02 Å². The zero-order chi connectivity index (χ0) is 21.7. The molecule has 0 aliphatic heterocycles. The van der Waals surface area contributed by atoms with Gasteiger partial charge in [-0.15, -0.1) is 0 Å². The molecule has 30 heavy (non-hydrogen) atoms. The molecule has 1 amide bonds. The van der Waals surface area contributed by atoms with Crippen molar-refractivity contribution in [3.63, 3.8) is 0 Å². The second-order valence-corrected chi connectivity index (χ2v) is 8.71. The number of sulfonamides is 1. The monoisotopic (exact) mass is 444 g/mol. The predicted molar refractivity (Wildman–Crippen MR) is 119 cm³/mol. The Labute approximate surface area is 180 Å². The number of benzene rings is 3. The lowest BCUT2D eigenvalue weighted by molar-refractivity contribution is -0.122. The van der Waals surface area contributed by atoms with E-state index >= 15 is 0 Å². The molecule has 0 bridgehead atoms. The van der Waals surface area contributed by atoms with Crippen molar-refractivity contribution in [1.29, 1.82) is 0 Å². The summed E-state index contributed by atoms with van der Waals surface area (Å²) >= 11 is 6.04. The third kappa shape index (κ3) is 5.31. The molecule has 0 saturated carbocycles. The molecule has 3 aromatic rings. The number of nitrogens with one attached hydrogen (secondary N) is 2. The minimum Gasteiger partial charge on any atom is -0.479 e. The highest BCUT2D eigenvalue weighted by atomic mass is 35.5. The summed E-state index contributed by atoms with van der Waals surface area (Å²) in [5.41, 5.74) is 1.78. The van der Waals surface area contributed by atoms with Crippen LogP contribution in [0.25, 0.3) is 0 Å². The van der Waals surface area contributed by atoms with Crippen molar-refractivity contribution in [3.8, 4) is 5.75 Å². The van der Waals surface area contributed by atoms with Gasteiger partial charge in [0.2, 0.25) is 0 Å². The largest absolute Gasteiger partial charge is 0.479 e. The number of para-hydroxylation sites is 2. The topological polar surface area (TPSA) is 84.5 Å². The standard InChI is InChI=1S/C22H21ClN2O4S/c1-15-7-3-5-9-20(15)25-30(27,28)18-13-11-17(12-14-18)24-22(26)16(2)29-21-10-6-4-8-19(21)23/h3-14,16,25H,1-2H3,(H,24,26). The van der Waals surface area contributed by atoms with Crippen molar-refractivity contribution in [1.82, 2.24) is 0 Å². The maximum absolute atomic E-state index is 12.6. The maximum Gasteiger partial charge on any atom is 0.265 e.